The van der Waals surface area contributed by atoms with E-state index < -0.39 is 0 Å². The van der Waals surface area contributed by atoms with Crippen molar-refractivity contribution in [1.29, 1.82) is 0 Å². The summed E-state index contributed by atoms with van der Waals surface area (Å²) in [5, 5.41) is 11.3. The maximum Gasteiger partial charge on any atom is 0.257 e. The number of hydrogen-bond acceptors (Lipinski definition) is 3. The molecule has 0 aliphatic carbocycles. The number of halogens is 2. The van der Waals surface area contributed by atoms with Gasteiger partial charge in [0.05, 0.1) is 10.6 Å². The number of amides is 1. The van der Waals surface area contributed by atoms with Crippen molar-refractivity contribution < 1.29 is 4.79 Å². The van der Waals surface area contributed by atoms with Gasteiger partial charge < -0.3 is 5.32 Å². The largest absolute Gasteiger partial charge is 0.321 e. The van der Waals surface area contributed by atoms with Crippen molar-refractivity contribution in [3.8, 4) is 5.69 Å². The van der Waals surface area contributed by atoms with Gasteiger partial charge in [0, 0.05) is 16.4 Å². The molecular formula is C17H14Cl2N4O. The highest BCUT2D eigenvalue weighted by atomic mass is 35.5. The first-order valence-corrected chi connectivity index (χ1v) is 7.94. The molecule has 122 valence electrons. The molecule has 1 aromatic heterocycles. The van der Waals surface area contributed by atoms with E-state index in [0.717, 1.165) is 22.5 Å². The van der Waals surface area contributed by atoms with Gasteiger partial charge >= 0.3 is 0 Å². The minimum atomic E-state index is -0.300. The van der Waals surface area contributed by atoms with Crippen LogP contribution in [-0.4, -0.2) is 20.7 Å². The molecule has 0 atom stereocenters. The average Bonchev–Trinajstić information content (AvgIpc) is 3.07. The van der Waals surface area contributed by atoms with Crippen molar-refractivity contribution in [2.45, 2.75) is 13.8 Å². The first-order chi connectivity index (χ1) is 11.5. The van der Waals surface area contributed by atoms with Crippen LogP contribution in [0.3, 0.4) is 0 Å². The van der Waals surface area contributed by atoms with Crippen molar-refractivity contribution in [3.05, 3.63) is 69.7 Å². The first kappa shape index (κ1) is 16.5. The molecule has 3 aromatic rings. The zero-order valence-corrected chi connectivity index (χ0v) is 14.6. The number of hydrogen-bond donors (Lipinski definition) is 1. The van der Waals surface area contributed by atoms with Gasteiger partial charge in [-0.15, -0.1) is 10.2 Å². The van der Waals surface area contributed by atoms with Gasteiger partial charge in [0.1, 0.15) is 12.7 Å². The summed E-state index contributed by atoms with van der Waals surface area (Å²) in [4.78, 5) is 12.5. The molecule has 1 amide bonds. The third-order valence-electron chi connectivity index (χ3n) is 3.65. The van der Waals surface area contributed by atoms with E-state index in [1.807, 2.05) is 26.0 Å². The molecule has 2 aromatic carbocycles. The van der Waals surface area contributed by atoms with Gasteiger partial charge in [0.15, 0.2) is 0 Å². The Labute approximate surface area is 149 Å². The molecule has 0 saturated carbocycles. The lowest BCUT2D eigenvalue weighted by atomic mass is 10.1. The van der Waals surface area contributed by atoms with Gasteiger partial charge in [0.2, 0.25) is 0 Å². The second kappa shape index (κ2) is 6.63. The number of nitrogens with one attached hydrogen (secondary N) is 1. The van der Waals surface area contributed by atoms with Crippen molar-refractivity contribution in [2.75, 3.05) is 5.32 Å². The van der Waals surface area contributed by atoms with E-state index in [0.29, 0.717) is 15.6 Å². The number of aromatic nitrogens is 3. The number of rotatable bonds is 3. The van der Waals surface area contributed by atoms with E-state index in [4.69, 9.17) is 23.2 Å². The summed E-state index contributed by atoms with van der Waals surface area (Å²) >= 11 is 12.0. The fourth-order valence-electron chi connectivity index (χ4n) is 2.47. The van der Waals surface area contributed by atoms with E-state index in [9.17, 15) is 4.79 Å². The van der Waals surface area contributed by atoms with Gasteiger partial charge in [-0.1, -0.05) is 23.2 Å². The van der Waals surface area contributed by atoms with Gasteiger partial charge in [-0.05, 0) is 55.3 Å². The average molecular weight is 361 g/mol. The van der Waals surface area contributed by atoms with E-state index in [1.54, 1.807) is 35.4 Å². The van der Waals surface area contributed by atoms with E-state index in [2.05, 4.69) is 15.5 Å². The molecule has 0 radical (unpaired) electrons. The van der Waals surface area contributed by atoms with Gasteiger partial charge in [0.25, 0.3) is 5.91 Å². The minimum Gasteiger partial charge on any atom is -0.321 e. The second-order valence-corrected chi connectivity index (χ2v) is 6.25. The third-order valence-corrected chi connectivity index (χ3v) is 4.21. The number of nitrogens with zero attached hydrogens (tertiary/aromatic N) is 3. The van der Waals surface area contributed by atoms with Crippen molar-refractivity contribution in [3.63, 3.8) is 0 Å². The van der Waals surface area contributed by atoms with Crippen molar-refractivity contribution in [1.82, 2.24) is 14.8 Å². The Morgan fingerprint density at radius 3 is 2.29 bits per heavy atom. The first-order valence-electron chi connectivity index (χ1n) is 7.18. The predicted octanol–water partition coefficient (Wildman–Crippen LogP) is 4.44. The Kier molecular flexibility index (Phi) is 4.55. The van der Waals surface area contributed by atoms with Crippen LogP contribution in [0.15, 0.2) is 43.0 Å². The zero-order chi connectivity index (χ0) is 17.3. The van der Waals surface area contributed by atoms with Gasteiger partial charge in [-0.3, -0.25) is 9.36 Å². The summed E-state index contributed by atoms with van der Waals surface area (Å²) < 4.78 is 1.80. The topological polar surface area (TPSA) is 59.8 Å². The molecule has 5 nitrogen and oxygen atoms in total. The lowest BCUT2D eigenvalue weighted by molar-refractivity contribution is 0.102. The Balaban J connectivity index is 1.93. The molecule has 0 saturated heterocycles. The SMILES string of the molecule is Cc1cc(-n2cnnc2)cc(C)c1NC(=O)c1cc(Cl)ccc1Cl. The Morgan fingerprint density at radius 2 is 1.67 bits per heavy atom. The van der Waals surface area contributed by atoms with Gasteiger partial charge in [-0.25, -0.2) is 0 Å². The number of benzene rings is 2. The van der Waals surface area contributed by atoms with Crippen LogP contribution >= 0.6 is 23.2 Å². The summed E-state index contributed by atoms with van der Waals surface area (Å²) in [7, 11) is 0. The highest BCUT2D eigenvalue weighted by Gasteiger charge is 2.14. The molecule has 1 N–H and O–H groups in total. The summed E-state index contributed by atoms with van der Waals surface area (Å²) in [5.41, 5.74) is 3.85. The number of anilines is 1. The summed E-state index contributed by atoms with van der Waals surface area (Å²) in [5.74, 6) is -0.300. The third kappa shape index (κ3) is 3.27. The van der Waals surface area contributed by atoms with Crippen LogP contribution in [0.1, 0.15) is 21.5 Å². The second-order valence-electron chi connectivity index (χ2n) is 5.40. The smallest absolute Gasteiger partial charge is 0.257 e. The quantitative estimate of drug-likeness (QED) is 0.750. The Morgan fingerprint density at radius 1 is 1.04 bits per heavy atom. The molecule has 0 fully saturated rings. The molecule has 0 aliphatic heterocycles. The highest BCUT2D eigenvalue weighted by molar-refractivity contribution is 6.36. The standard InChI is InChI=1S/C17H14Cl2N4O/c1-10-5-13(23-8-20-21-9-23)6-11(2)16(10)22-17(24)14-7-12(18)3-4-15(14)19/h3-9H,1-2H3,(H,22,24). The van der Waals surface area contributed by atoms with Gasteiger partial charge in [-0.2, -0.15) is 0 Å². The van der Waals surface area contributed by atoms with Crippen molar-refractivity contribution >= 4 is 34.8 Å². The van der Waals surface area contributed by atoms with E-state index in [1.165, 1.54) is 0 Å². The summed E-state index contributed by atoms with van der Waals surface area (Å²) in [6.07, 6.45) is 3.25. The lowest BCUT2D eigenvalue weighted by Crippen LogP contribution is -2.14. The van der Waals surface area contributed by atoms with Crippen LogP contribution in [-0.2, 0) is 0 Å². The maximum atomic E-state index is 12.5. The van der Waals surface area contributed by atoms with Crippen LogP contribution in [0.5, 0.6) is 0 Å². The molecule has 0 bridgehead atoms. The van der Waals surface area contributed by atoms with E-state index in [-0.39, 0.29) is 5.91 Å². The fourth-order valence-corrected chi connectivity index (χ4v) is 2.85. The van der Waals surface area contributed by atoms with Crippen LogP contribution in [0.4, 0.5) is 5.69 Å². The molecule has 0 spiro atoms. The zero-order valence-electron chi connectivity index (χ0n) is 13.0. The Bertz CT molecular complexity index is 884. The van der Waals surface area contributed by atoms with Crippen LogP contribution in [0.2, 0.25) is 10.0 Å². The normalized spacial score (nSPS) is 10.7. The number of aryl methyl sites for hydroxylation is 2. The summed E-state index contributed by atoms with van der Waals surface area (Å²) in [6.45, 7) is 3.85. The van der Waals surface area contributed by atoms with Crippen LogP contribution in [0, 0.1) is 13.8 Å². The van der Waals surface area contributed by atoms with Crippen molar-refractivity contribution in [2.24, 2.45) is 0 Å². The molecular weight excluding hydrogens is 347 g/mol. The van der Waals surface area contributed by atoms with E-state index >= 15 is 0 Å². The molecule has 0 aliphatic rings. The molecule has 0 unspecified atom stereocenters. The Hall–Kier alpha value is -2.37. The molecule has 7 heteroatoms. The molecule has 24 heavy (non-hydrogen) atoms. The number of carbonyl (C=O) groups is 1. The highest BCUT2D eigenvalue weighted by Crippen LogP contribution is 2.26. The monoisotopic (exact) mass is 360 g/mol. The fraction of sp³-hybridized carbons (Fsp3) is 0.118. The minimum absolute atomic E-state index is 0.300. The van der Waals surface area contributed by atoms with Crippen LogP contribution in [0.25, 0.3) is 5.69 Å². The molecule has 1 heterocycles. The maximum absolute atomic E-state index is 12.5. The number of carbonyl (C=O) groups excluding carboxylic acids is 1. The predicted molar refractivity (Wildman–Crippen MR) is 95.2 cm³/mol. The summed E-state index contributed by atoms with van der Waals surface area (Å²) in [6, 6.07) is 8.70. The lowest BCUT2D eigenvalue weighted by Gasteiger charge is -2.14. The van der Waals surface area contributed by atoms with Crippen LogP contribution < -0.4 is 5.32 Å². The molecule has 3 rings (SSSR count).